The van der Waals surface area contributed by atoms with Crippen molar-refractivity contribution in [2.24, 2.45) is 0 Å². The van der Waals surface area contributed by atoms with Crippen LogP contribution in [-0.2, 0) is 4.79 Å². The first kappa shape index (κ1) is 23.0. The third-order valence-corrected chi connectivity index (χ3v) is 6.91. The van der Waals surface area contributed by atoms with Gasteiger partial charge in [0.15, 0.2) is 10.2 Å². The molecule has 0 unspecified atom stereocenters. The Kier molecular flexibility index (Phi) is 7.05. The molecule has 0 saturated heterocycles. The smallest absolute Gasteiger partial charge is 0.250 e. The Hall–Kier alpha value is -2.13. The second-order valence-electron chi connectivity index (χ2n) is 6.31. The van der Waals surface area contributed by atoms with Crippen molar-refractivity contribution in [2.45, 2.75) is 0 Å². The number of hydrogen-bond donors (Lipinski definition) is 2. The Morgan fingerprint density at radius 2 is 1.81 bits per heavy atom. The van der Waals surface area contributed by atoms with E-state index < -0.39 is 5.91 Å². The standard InChI is InChI=1S/C21H11Cl4N3O2S2/c22-12-3-1-2-11(17(12)24)14-7-4-10(30-14)5-9-16(29)26-20(31)28-21-27-19-15(32-21)8-6-13(23)18(19)25/h1-9H,(H2,26,27,28,29,31). The Bertz CT molecular complexity index is 1380. The van der Waals surface area contributed by atoms with Gasteiger partial charge in [0, 0.05) is 11.6 Å². The number of thiazole rings is 1. The van der Waals surface area contributed by atoms with Crippen LogP contribution < -0.4 is 10.6 Å². The third-order valence-electron chi connectivity index (χ3n) is 4.15. The van der Waals surface area contributed by atoms with E-state index in [0.717, 1.165) is 4.70 Å². The van der Waals surface area contributed by atoms with Crippen LogP contribution in [0.3, 0.4) is 0 Å². The zero-order valence-electron chi connectivity index (χ0n) is 15.8. The van der Waals surface area contributed by atoms with Gasteiger partial charge in [0.1, 0.15) is 17.0 Å². The van der Waals surface area contributed by atoms with Gasteiger partial charge in [-0.15, -0.1) is 0 Å². The Balaban J connectivity index is 1.38. The van der Waals surface area contributed by atoms with Gasteiger partial charge in [0.05, 0.1) is 24.8 Å². The second-order valence-corrected chi connectivity index (χ2v) is 9.32. The molecule has 11 heteroatoms. The first-order chi connectivity index (χ1) is 15.3. The van der Waals surface area contributed by atoms with Crippen molar-refractivity contribution in [1.29, 1.82) is 0 Å². The average Bonchev–Trinajstić information content (AvgIpc) is 3.38. The van der Waals surface area contributed by atoms with E-state index in [1.807, 2.05) is 6.07 Å². The molecule has 0 atom stereocenters. The first-order valence-electron chi connectivity index (χ1n) is 8.90. The van der Waals surface area contributed by atoms with Crippen LogP contribution in [0.1, 0.15) is 5.76 Å². The maximum atomic E-state index is 12.2. The van der Waals surface area contributed by atoms with Crippen LogP contribution in [0.2, 0.25) is 20.1 Å². The maximum Gasteiger partial charge on any atom is 0.250 e. The van der Waals surface area contributed by atoms with Crippen molar-refractivity contribution < 1.29 is 9.21 Å². The van der Waals surface area contributed by atoms with Crippen molar-refractivity contribution in [1.82, 2.24) is 10.3 Å². The highest BCUT2D eigenvalue weighted by Crippen LogP contribution is 2.36. The number of carbonyl (C=O) groups excluding carboxylic acids is 1. The van der Waals surface area contributed by atoms with Crippen LogP contribution in [0.4, 0.5) is 5.13 Å². The molecule has 0 aliphatic rings. The molecule has 32 heavy (non-hydrogen) atoms. The van der Waals surface area contributed by atoms with E-state index in [4.69, 9.17) is 63.0 Å². The molecule has 5 nitrogen and oxygen atoms in total. The van der Waals surface area contributed by atoms with Crippen LogP contribution in [0.15, 0.2) is 53.0 Å². The minimum atomic E-state index is -0.441. The Morgan fingerprint density at radius 1 is 1.03 bits per heavy atom. The maximum absolute atomic E-state index is 12.2. The largest absolute Gasteiger partial charge is 0.457 e. The van der Waals surface area contributed by atoms with Gasteiger partial charge in [-0.2, -0.15) is 0 Å². The van der Waals surface area contributed by atoms with Crippen molar-refractivity contribution in [3.8, 4) is 11.3 Å². The summed E-state index contributed by atoms with van der Waals surface area (Å²) in [5, 5.41) is 7.58. The van der Waals surface area contributed by atoms with E-state index in [9.17, 15) is 4.79 Å². The van der Waals surface area contributed by atoms with Crippen molar-refractivity contribution >= 4 is 102 Å². The number of rotatable bonds is 4. The highest BCUT2D eigenvalue weighted by molar-refractivity contribution is 7.80. The van der Waals surface area contributed by atoms with Crippen LogP contribution in [-0.4, -0.2) is 16.0 Å². The molecule has 0 radical (unpaired) electrons. The molecule has 0 bridgehead atoms. The minimum Gasteiger partial charge on any atom is -0.457 e. The molecule has 0 aliphatic heterocycles. The molecule has 162 valence electrons. The van der Waals surface area contributed by atoms with Crippen LogP contribution in [0, 0.1) is 0 Å². The fraction of sp³-hybridized carbons (Fsp3) is 0. The normalized spacial score (nSPS) is 11.2. The lowest BCUT2D eigenvalue weighted by Gasteiger charge is -2.04. The summed E-state index contributed by atoms with van der Waals surface area (Å²) < 4.78 is 6.56. The van der Waals surface area contributed by atoms with Gasteiger partial charge in [-0.3, -0.25) is 10.1 Å². The number of carbonyl (C=O) groups is 1. The van der Waals surface area contributed by atoms with Crippen LogP contribution in [0.25, 0.3) is 27.6 Å². The lowest BCUT2D eigenvalue weighted by molar-refractivity contribution is -0.115. The number of furan rings is 1. The topological polar surface area (TPSA) is 67.2 Å². The van der Waals surface area contributed by atoms with Crippen molar-refractivity contribution in [3.05, 3.63) is 74.4 Å². The molecule has 0 spiro atoms. The predicted molar refractivity (Wildman–Crippen MR) is 137 cm³/mol. The predicted octanol–water partition coefficient (Wildman–Crippen LogP) is 7.70. The Labute approximate surface area is 211 Å². The van der Waals surface area contributed by atoms with E-state index in [0.29, 0.717) is 47.8 Å². The molecule has 2 aromatic carbocycles. The zero-order valence-corrected chi connectivity index (χ0v) is 20.4. The number of anilines is 1. The number of thiocarbonyl (C=S) groups is 1. The molecule has 4 rings (SSSR count). The number of amides is 1. The van der Waals surface area contributed by atoms with E-state index in [1.165, 1.54) is 23.5 Å². The van der Waals surface area contributed by atoms with E-state index in [2.05, 4.69) is 15.6 Å². The summed E-state index contributed by atoms with van der Waals surface area (Å²) in [6.45, 7) is 0. The lowest BCUT2D eigenvalue weighted by Crippen LogP contribution is -2.32. The zero-order chi connectivity index (χ0) is 22.8. The summed E-state index contributed by atoms with van der Waals surface area (Å²) in [7, 11) is 0. The number of benzene rings is 2. The minimum absolute atomic E-state index is 0.0896. The lowest BCUT2D eigenvalue weighted by atomic mass is 10.2. The van der Waals surface area contributed by atoms with Gasteiger partial charge >= 0.3 is 0 Å². The molecule has 2 aromatic heterocycles. The molecular weight excluding hydrogens is 532 g/mol. The van der Waals surface area contributed by atoms with Gasteiger partial charge in [-0.05, 0) is 54.7 Å². The number of fused-ring (bicyclic) bond motifs is 1. The molecule has 0 saturated carbocycles. The summed E-state index contributed by atoms with van der Waals surface area (Å²) >= 11 is 30.9. The highest BCUT2D eigenvalue weighted by atomic mass is 35.5. The third kappa shape index (κ3) is 5.09. The first-order valence-corrected chi connectivity index (χ1v) is 11.6. The van der Waals surface area contributed by atoms with Crippen molar-refractivity contribution in [2.75, 3.05) is 5.32 Å². The summed E-state index contributed by atoms with van der Waals surface area (Å²) in [5.41, 5.74) is 1.22. The SMILES string of the molecule is O=C(C=Cc1ccc(-c2cccc(Cl)c2Cl)o1)NC(=S)Nc1nc2c(Cl)c(Cl)ccc2s1. The van der Waals surface area contributed by atoms with Crippen LogP contribution in [0.5, 0.6) is 0 Å². The molecule has 2 heterocycles. The number of aromatic nitrogens is 1. The highest BCUT2D eigenvalue weighted by Gasteiger charge is 2.12. The number of nitrogens with one attached hydrogen (secondary N) is 2. The number of hydrogen-bond acceptors (Lipinski definition) is 5. The van der Waals surface area contributed by atoms with Gasteiger partial charge in [0.2, 0.25) is 5.91 Å². The van der Waals surface area contributed by atoms with Gasteiger partial charge < -0.3 is 9.73 Å². The molecule has 2 N–H and O–H groups in total. The summed E-state index contributed by atoms with van der Waals surface area (Å²) in [5.74, 6) is 0.551. The summed E-state index contributed by atoms with van der Waals surface area (Å²) in [6.07, 6.45) is 2.81. The molecule has 4 aromatic rings. The van der Waals surface area contributed by atoms with Gasteiger partial charge in [-0.1, -0.05) is 63.8 Å². The number of nitrogens with zero attached hydrogens (tertiary/aromatic N) is 1. The fourth-order valence-corrected chi connectivity index (χ4v) is 4.66. The van der Waals surface area contributed by atoms with Gasteiger partial charge in [0.25, 0.3) is 0 Å². The Morgan fingerprint density at radius 3 is 2.62 bits per heavy atom. The monoisotopic (exact) mass is 541 g/mol. The van der Waals surface area contributed by atoms with E-state index in [1.54, 1.807) is 36.4 Å². The average molecular weight is 543 g/mol. The molecule has 0 fully saturated rings. The van der Waals surface area contributed by atoms with E-state index in [-0.39, 0.29) is 5.11 Å². The van der Waals surface area contributed by atoms with E-state index >= 15 is 0 Å². The quantitative estimate of drug-likeness (QED) is 0.204. The molecule has 1 amide bonds. The second kappa shape index (κ2) is 9.79. The fourth-order valence-electron chi connectivity index (χ4n) is 2.71. The summed E-state index contributed by atoms with van der Waals surface area (Å²) in [4.78, 5) is 16.6. The van der Waals surface area contributed by atoms with Crippen molar-refractivity contribution in [3.63, 3.8) is 0 Å². The van der Waals surface area contributed by atoms with Crippen LogP contribution >= 0.6 is 70.0 Å². The molecular formula is C21H11Cl4N3O2S2. The number of halogens is 4. The van der Waals surface area contributed by atoms with Gasteiger partial charge in [-0.25, -0.2) is 4.98 Å². The molecule has 0 aliphatic carbocycles. The summed E-state index contributed by atoms with van der Waals surface area (Å²) in [6, 6.07) is 12.2.